The van der Waals surface area contributed by atoms with Crippen molar-refractivity contribution in [2.75, 3.05) is 6.61 Å². The van der Waals surface area contributed by atoms with Gasteiger partial charge in [-0.15, -0.1) is 0 Å². The Kier molecular flexibility index (Phi) is 3.74. The van der Waals surface area contributed by atoms with Crippen molar-refractivity contribution >= 4 is 10.8 Å². The van der Waals surface area contributed by atoms with Crippen molar-refractivity contribution in [1.82, 2.24) is 0 Å². The summed E-state index contributed by atoms with van der Waals surface area (Å²) in [5, 5.41) is 30.5. The van der Waals surface area contributed by atoms with Crippen molar-refractivity contribution < 1.29 is 15.3 Å². The van der Waals surface area contributed by atoms with Gasteiger partial charge in [0.15, 0.2) is 0 Å². The standard InChI is InChI=1S/C14H16O3/c15-9-8-13(16)14(17)12-7-3-5-10-4-1-2-6-11(10)12/h1-7,13-17H,8-9H2. The third kappa shape index (κ3) is 2.47. The maximum atomic E-state index is 10.1. The number of aliphatic hydroxyl groups is 3. The molecule has 0 saturated carbocycles. The summed E-state index contributed by atoms with van der Waals surface area (Å²) >= 11 is 0. The van der Waals surface area contributed by atoms with Gasteiger partial charge in [0.1, 0.15) is 6.10 Å². The van der Waals surface area contributed by atoms with Crippen LogP contribution in [-0.4, -0.2) is 28.0 Å². The van der Waals surface area contributed by atoms with E-state index >= 15 is 0 Å². The van der Waals surface area contributed by atoms with Crippen molar-refractivity contribution in [2.24, 2.45) is 0 Å². The summed E-state index contributed by atoms with van der Waals surface area (Å²) < 4.78 is 0. The lowest BCUT2D eigenvalue weighted by atomic mass is 9.96. The van der Waals surface area contributed by atoms with Crippen molar-refractivity contribution in [3.8, 4) is 0 Å². The van der Waals surface area contributed by atoms with Gasteiger partial charge in [-0.3, -0.25) is 0 Å². The van der Waals surface area contributed by atoms with Crippen LogP contribution in [0.5, 0.6) is 0 Å². The maximum absolute atomic E-state index is 10.1. The Bertz CT molecular complexity index is 490. The highest BCUT2D eigenvalue weighted by molar-refractivity contribution is 5.86. The van der Waals surface area contributed by atoms with Gasteiger partial charge in [-0.1, -0.05) is 42.5 Å². The minimum Gasteiger partial charge on any atom is -0.396 e. The summed E-state index contributed by atoms with van der Waals surface area (Å²) in [6, 6.07) is 13.3. The normalized spacial score (nSPS) is 14.8. The van der Waals surface area contributed by atoms with Crippen LogP contribution in [0.4, 0.5) is 0 Å². The van der Waals surface area contributed by atoms with Gasteiger partial charge in [0.2, 0.25) is 0 Å². The Morgan fingerprint density at radius 2 is 1.65 bits per heavy atom. The van der Waals surface area contributed by atoms with Crippen LogP contribution < -0.4 is 0 Å². The average molecular weight is 232 g/mol. The summed E-state index contributed by atoms with van der Waals surface area (Å²) in [7, 11) is 0. The van der Waals surface area contributed by atoms with Crippen LogP contribution in [-0.2, 0) is 0 Å². The van der Waals surface area contributed by atoms with E-state index in [0.29, 0.717) is 5.56 Å². The molecule has 3 N–H and O–H groups in total. The van der Waals surface area contributed by atoms with Gasteiger partial charge in [0, 0.05) is 6.61 Å². The zero-order valence-electron chi connectivity index (χ0n) is 9.45. The fraction of sp³-hybridized carbons (Fsp3) is 0.286. The second-order valence-corrected chi connectivity index (χ2v) is 4.09. The minimum absolute atomic E-state index is 0.136. The first-order valence-corrected chi connectivity index (χ1v) is 5.68. The number of fused-ring (bicyclic) bond motifs is 1. The Morgan fingerprint density at radius 1 is 0.941 bits per heavy atom. The molecule has 0 aliphatic heterocycles. The summed E-state index contributed by atoms with van der Waals surface area (Å²) in [4.78, 5) is 0. The van der Waals surface area contributed by atoms with Crippen LogP contribution in [0, 0.1) is 0 Å². The van der Waals surface area contributed by atoms with E-state index in [4.69, 9.17) is 5.11 Å². The second kappa shape index (κ2) is 5.27. The average Bonchev–Trinajstić information content (AvgIpc) is 2.37. The third-order valence-electron chi connectivity index (χ3n) is 2.93. The molecule has 3 nitrogen and oxygen atoms in total. The van der Waals surface area contributed by atoms with Gasteiger partial charge in [0.05, 0.1) is 6.10 Å². The van der Waals surface area contributed by atoms with Crippen LogP contribution in [0.3, 0.4) is 0 Å². The molecule has 2 unspecified atom stereocenters. The topological polar surface area (TPSA) is 60.7 Å². The van der Waals surface area contributed by atoms with Gasteiger partial charge in [-0.25, -0.2) is 0 Å². The molecule has 0 heterocycles. The predicted octanol–water partition coefficient (Wildman–Crippen LogP) is 1.62. The first-order chi connectivity index (χ1) is 8.24. The van der Waals surface area contributed by atoms with Gasteiger partial charge in [-0.2, -0.15) is 0 Å². The lowest BCUT2D eigenvalue weighted by Gasteiger charge is -2.18. The van der Waals surface area contributed by atoms with E-state index in [0.717, 1.165) is 10.8 Å². The van der Waals surface area contributed by atoms with E-state index in [2.05, 4.69) is 0 Å². The Balaban J connectivity index is 2.41. The zero-order chi connectivity index (χ0) is 12.3. The molecule has 2 atom stereocenters. The first-order valence-electron chi connectivity index (χ1n) is 5.68. The summed E-state index contributed by atoms with van der Waals surface area (Å²) in [6.45, 7) is -0.136. The fourth-order valence-electron chi connectivity index (χ4n) is 2.01. The number of benzene rings is 2. The van der Waals surface area contributed by atoms with Gasteiger partial charge in [-0.05, 0) is 22.8 Å². The fourth-order valence-corrected chi connectivity index (χ4v) is 2.01. The Hall–Kier alpha value is -1.42. The lowest BCUT2D eigenvalue weighted by Crippen LogP contribution is -2.19. The SMILES string of the molecule is OCCC(O)C(O)c1cccc2ccccc12. The molecule has 2 aromatic rings. The number of hydrogen-bond donors (Lipinski definition) is 3. The van der Waals surface area contributed by atoms with Gasteiger partial charge in [0.25, 0.3) is 0 Å². The molecule has 0 saturated heterocycles. The molecule has 0 bridgehead atoms. The molecule has 2 aromatic carbocycles. The highest BCUT2D eigenvalue weighted by Gasteiger charge is 2.19. The first kappa shape index (κ1) is 12.0. The van der Waals surface area contributed by atoms with E-state index < -0.39 is 12.2 Å². The molecule has 0 amide bonds. The predicted molar refractivity (Wildman–Crippen MR) is 66.6 cm³/mol. The number of rotatable bonds is 4. The molecule has 0 aromatic heterocycles. The van der Waals surface area contributed by atoms with Crippen molar-refractivity contribution in [1.29, 1.82) is 0 Å². The highest BCUT2D eigenvalue weighted by Crippen LogP contribution is 2.27. The van der Waals surface area contributed by atoms with Crippen molar-refractivity contribution in [2.45, 2.75) is 18.6 Å². The molecule has 0 aliphatic rings. The molecular formula is C14H16O3. The van der Waals surface area contributed by atoms with E-state index in [1.807, 2.05) is 36.4 Å². The Morgan fingerprint density at radius 3 is 2.41 bits per heavy atom. The molecule has 3 heteroatoms. The van der Waals surface area contributed by atoms with Crippen LogP contribution >= 0.6 is 0 Å². The molecule has 0 aliphatic carbocycles. The number of hydrogen-bond acceptors (Lipinski definition) is 3. The van der Waals surface area contributed by atoms with Crippen LogP contribution in [0.15, 0.2) is 42.5 Å². The van der Waals surface area contributed by atoms with E-state index in [-0.39, 0.29) is 13.0 Å². The molecular weight excluding hydrogens is 216 g/mol. The summed E-state index contributed by atoms with van der Waals surface area (Å²) in [6.07, 6.45) is -1.73. The van der Waals surface area contributed by atoms with Gasteiger partial charge < -0.3 is 15.3 Å². The van der Waals surface area contributed by atoms with Crippen molar-refractivity contribution in [3.63, 3.8) is 0 Å². The molecule has 0 spiro atoms. The minimum atomic E-state index is -0.965. The Labute approximate surface area is 100.0 Å². The summed E-state index contributed by atoms with van der Waals surface area (Å²) in [5.74, 6) is 0. The largest absolute Gasteiger partial charge is 0.396 e. The number of aliphatic hydroxyl groups excluding tert-OH is 3. The molecule has 0 fully saturated rings. The zero-order valence-corrected chi connectivity index (χ0v) is 9.45. The molecule has 17 heavy (non-hydrogen) atoms. The van der Waals surface area contributed by atoms with E-state index in [9.17, 15) is 10.2 Å². The monoisotopic (exact) mass is 232 g/mol. The van der Waals surface area contributed by atoms with Crippen molar-refractivity contribution in [3.05, 3.63) is 48.0 Å². The van der Waals surface area contributed by atoms with E-state index in [1.165, 1.54) is 0 Å². The summed E-state index contributed by atoms with van der Waals surface area (Å²) in [5.41, 5.74) is 0.698. The quantitative estimate of drug-likeness (QED) is 0.750. The lowest BCUT2D eigenvalue weighted by molar-refractivity contribution is 0.00500. The maximum Gasteiger partial charge on any atom is 0.106 e. The molecule has 0 radical (unpaired) electrons. The van der Waals surface area contributed by atoms with Crippen LogP contribution in [0.1, 0.15) is 18.1 Å². The van der Waals surface area contributed by atoms with E-state index in [1.54, 1.807) is 6.07 Å². The third-order valence-corrected chi connectivity index (χ3v) is 2.93. The molecule has 90 valence electrons. The van der Waals surface area contributed by atoms with Crippen LogP contribution in [0.25, 0.3) is 10.8 Å². The van der Waals surface area contributed by atoms with Crippen LogP contribution in [0.2, 0.25) is 0 Å². The second-order valence-electron chi connectivity index (χ2n) is 4.09. The smallest absolute Gasteiger partial charge is 0.106 e. The molecule has 2 rings (SSSR count). The van der Waals surface area contributed by atoms with Gasteiger partial charge >= 0.3 is 0 Å². The highest BCUT2D eigenvalue weighted by atomic mass is 16.3.